The number of nitrogens with one attached hydrogen (secondary N) is 2. The van der Waals surface area contributed by atoms with Gasteiger partial charge in [-0.3, -0.25) is 9.59 Å². The number of anilines is 2. The van der Waals surface area contributed by atoms with Gasteiger partial charge in [0.1, 0.15) is 0 Å². The second-order valence-corrected chi connectivity index (χ2v) is 3.68. The lowest BCUT2D eigenvalue weighted by Crippen LogP contribution is -2.24. The van der Waals surface area contributed by atoms with Gasteiger partial charge in [0.25, 0.3) is 0 Å². The first-order valence-corrected chi connectivity index (χ1v) is 5.34. The fourth-order valence-electron chi connectivity index (χ4n) is 1.28. The molecular formula is C12H13N2O4-. The van der Waals surface area contributed by atoms with Gasteiger partial charge in [-0.05, 0) is 30.7 Å². The van der Waals surface area contributed by atoms with Gasteiger partial charge < -0.3 is 20.5 Å². The van der Waals surface area contributed by atoms with E-state index < -0.39 is 11.9 Å². The van der Waals surface area contributed by atoms with Crippen LogP contribution in [-0.2, 0) is 14.4 Å². The van der Waals surface area contributed by atoms with Crippen molar-refractivity contribution in [1.29, 1.82) is 0 Å². The maximum Gasteiger partial charge on any atom is 0.224 e. The Morgan fingerprint density at radius 1 is 1.00 bits per heavy atom. The van der Waals surface area contributed by atoms with E-state index in [9.17, 15) is 19.5 Å². The average Bonchev–Trinajstić information content (AvgIpc) is 2.28. The van der Waals surface area contributed by atoms with Crippen molar-refractivity contribution >= 4 is 29.2 Å². The second-order valence-electron chi connectivity index (χ2n) is 3.68. The van der Waals surface area contributed by atoms with E-state index in [1.54, 1.807) is 24.3 Å². The maximum atomic E-state index is 11.3. The average molecular weight is 249 g/mol. The topological polar surface area (TPSA) is 98.3 Å². The number of amides is 2. The molecule has 1 rings (SSSR count). The van der Waals surface area contributed by atoms with E-state index in [1.165, 1.54) is 6.92 Å². The number of hydrogen-bond donors (Lipinski definition) is 2. The number of carbonyl (C=O) groups is 3. The number of carboxylic acids is 1. The van der Waals surface area contributed by atoms with Gasteiger partial charge in [-0.2, -0.15) is 0 Å². The molecule has 0 aromatic heterocycles. The van der Waals surface area contributed by atoms with E-state index >= 15 is 0 Å². The highest BCUT2D eigenvalue weighted by Crippen LogP contribution is 2.13. The summed E-state index contributed by atoms with van der Waals surface area (Å²) in [6.07, 6.45) is -0.439. The van der Waals surface area contributed by atoms with Gasteiger partial charge in [-0.15, -0.1) is 0 Å². The van der Waals surface area contributed by atoms with Crippen molar-refractivity contribution in [1.82, 2.24) is 0 Å². The minimum absolute atomic E-state index is 0.129. The van der Waals surface area contributed by atoms with Crippen LogP contribution in [0.5, 0.6) is 0 Å². The zero-order valence-electron chi connectivity index (χ0n) is 9.86. The van der Waals surface area contributed by atoms with Crippen molar-refractivity contribution in [2.75, 3.05) is 10.6 Å². The molecule has 0 saturated heterocycles. The van der Waals surface area contributed by atoms with Crippen LogP contribution in [0.4, 0.5) is 11.4 Å². The van der Waals surface area contributed by atoms with Crippen LogP contribution in [0.25, 0.3) is 0 Å². The molecule has 1 aromatic rings. The van der Waals surface area contributed by atoms with E-state index in [-0.39, 0.29) is 18.7 Å². The lowest BCUT2D eigenvalue weighted by Gasteiger charge is -2.07. The Morgan fingerprint density at radius 2 is 1.50 bits per heavy atom. The molecular weight excluding hydrogens is 236 g/mol. The second kappa shape index (κ2) is 6.39. The first kappa shape index (κ1) is 13.7. The van der Waals surface area contributed by atoms with Crippen LogP contribution >= 0.6 is 0 Å². The van der Waals surface area contributed by atoms with E-state index in [4.69, 9.17) is 0 Å². The van der Waals surface area contributed by atoms with Crippen molar-refractivity contribution < 1.29 is 19.5 Å². The van der Waals surface area contributed by atoms with Crippen LogP contribution in [0.1, 0.15) is 19.8 Å². The fraction of sp³-hybridized carbons (Fsp3) is 0.250. The Hall–Kier alpha value is -2.37. The van der Waals surface area contributed by atoms with Crippen molar-refractivity contribution in [3.05, 3.63) is 24.3 Å². The number of carboxylic acid groups (broad SMARTS) is 1. The molecule has 0 aliphatic rings. The number of rotatable bonds is 5. The summed E-state index contributed by atoms with van der Waals surface area (Å²) in [5.74, 6) is -1.83. The van der Waals surface area contributed by atoms with Crippen molar-refractivity contribution in [3.8, 4) is 0 Å². The van der Waals surface area contributed by atoms with Gasteiger partial charge in [0.15, 0.2) is 0 Å². The number of aliphatic carboxylic acids is 1. The molecule has 0 aliphatic heterocycles. The Morgan fingerprint density at radius 3 is 1.94 bits per heavy atom. The Labute approximate surface area is 104 Å². The molecule has 18 heavy (non-hydrogen) atoms. The van der Waals surface area contributed by atoms with Crippen LogP contribution in [0.2, 0.25) is 0 Å². The summed E-state index contributed by atoms with van der Waals surface area (Å²) in [5, 5.41) is 15.3. The fourth-order valence-corrected chi connectivity index (χ4v) is 1.28. The summed E-state index contributed by atoms with van der Waals surface area (Å²) in [7, 11) is 0. The Balaban J connectivity index is 2.50. The smallest absolute Gasteiger partial charge is 0.224 e. The molecule has 6 heteroatoms. The van der Waals surface area contributed by atoms with Crippen molar-refractivity contribution in [2.45, 2.75) is 19.8 Å². The third-order valence-corrected chi connectivity index (χ3v) is 2.05. The van der Waals surface area contributed by atoms with E-state index in [2.05, 4.69) is 10.6 Å². The zero-order valence-corrected chi connectivity index (χ0v) is 9.86. The van der Waals surface area contributed by atoms with E-state index in [1.807, 2.05) is 0 Å². The maximum absolute atomic E-state index is 11.3. The highest BCUT2D eigenvalue weighted by atomic mass is 16.4. The third kappa shape index (κ3) is 5.11. The molecule has 0 heterocycles. The van der Waals surface area contributed by atoms with E-state index in [0.717, 1.165) is 0 Å². The van der Waals surface area contributed by atoms with Gasteiger partial charge >= 0.3 is 0 Å². The zero-order chi connectivity index (χ0) is 13.5. The van der Waals surface area contributed by atoms with Gasteiger partial charge in [0.05, 0.1) is 0 Å². The number of carbonyl (C=O) groups excluding carboxylic acids is 3. The summed E-state index contributed by atoms with van der Waals surface area (Å²) < 4.78 is 0. The minimum atomic E-state index is -1.26. The van der Waals surface area contributed by atoms with Crippen molar-refractivity contribution in [2.24, 2.45) is 0 Å². The lowest BCUT2D eigenvalue weighted by molar-refractivity contribution is -0.305. The van der Waals surface area contributed by atoms with Crippen molar-refractivity contribution in [3.63, 3.8) is 0 Å². The molecule has 0 spiro atoms. The molecule has 0 saturated carbocycles. The predicted octanol–water partition coefficient (Wildman–Crippen LogP) is 0.114. The van der Waals surface area contributed by atoms with Crippen LogP contribution in [0.3, 0.4) is 0 Å². The first-order chi connectivity index (χ1) is 8.47. The van der Waals surface area contributed by atoms with Gasteiger partial charge in [0, 0.05) is 30.7 Å². The van der Waals surface area contributed by atoms with Crippen LogP contribution in [0.15, 0.2) is 24.3 Å². The molecule has 2 N–H and O–H groups in total. The third-order valence-electron chi connectivity index (χ3n) is 2.05. The highest BCUT2D eigenvalue weighted by Gasteiger charge is 2.02. The molecule has 0 fully saturated rings. The largest absolute Gasteiger partial charge is 0.550 e. The van der Waals surface area contributed by atoms with Gasteiger partial charge in [-0.25, -0.2) is 0 Å². The molecule has 0 unspecified atom stereocenters. The minimum Gasteiger partial charge on any atom is -0.550 e. The van der Waals surface area contributed by atoms with Gasteiger partial charge in [0.2, 0.25) is 11.8 Å². The molecule has 0 radical (unpaired) electrons. The standard InChI is InChI=1S/C12H14N2O4/c1-8(15)13-9-2-4-10(5-3-9)14-11(16)6-7-12(17)18/h2-5H,6-7H2,1H3,(H,13,15)(H,14,16)(H,17,18)/p-1. The summed E-state index contributed by atoms with van der Waals surface area (Å²) in [6.45, 7) is 1.40. The monoisotopic (exact) mass is 249 g/mol. The summed E-state index contributed by atoms with van der Waals surface area (Å²) in [5.41, 5.74) is 1.16. The Bertz CT molecular complexity index is 454. The molecule has 0 atom stereocenters. The SMILES string of the molecule is CC(=O)Nc1ccc(NC(=O)CCC(=O)[O-])cc1. The predicted molar refractivity (Wildman–Crippen MR) is 63.6 cm³/mol. The molecule has 1 aromatic carbocycles. The highest BCUT2D eigenvalue weighted by molar-refractivity contribution is 5.93. The first-order valence-electron chi connectivity index (χ1n) is 5.34. The van der Waals surface area contributed by atoms with E-state index in [0.29, 0.717) is 11.4 Å². The quantitative estimate of drug-likeness (QED) is 0.773. The molecule has 0 bridgehead atoms. The number of benzene rings is 1. The van der Waals surface area contributed by atoms with Crippen LogP contribution in [0, 0.1) is 0 Å². The van der Waals surface area contributed by atoms with Gasteiger partial charge in [-0.1, -0.05) is 0 Å². The molecule has 2 amide bonds. The normalized spacial score (nSPS) is 9.61. The Kier molecular flexibility index (Phi) is 4.86. The molecule has 6 nitrogen and oxygen atoms in total. The lowest BCUT2D eigenvalue weighted by atomic mass is 10.2. The summed E-state index contributed by atoms with van der Waals surface area (Å²) >= 11 is 0. The molecule has 96 valence electrons. The summed E-state index contributed by atoms with van der Waals surface area (Å²) in [6, 6.07) is 6.50. The van der Waals surface area contributed by atoms with Crippen LogP contribution in [-0.4, -0.2) is 17.8 Å². The van der Waals surface area contributed by atoms with Crippen LogP contribution < -0.4 is 15.7 Å². The molecule has 0 aliphatic carbocycles. The summed E-state index contributed by atoms with van der Waals surface area (Å²) in [4.78, 5) is 32.3. The number of hydrogen-bond acceptors (Lipinski definition) is 4.